The molecule has 0 unspecified atom stereocenters. The third-order valence-electron chi connectivity index (χ3n) is 2.81. The number of nitrogens with one attached hydrogen (secondary N) is 1. The summed E-state index contributed by atoms with van der Waals surface area (Å²) in [7, 11) is 0. The van der Waals surface area contributed by atoms with E-state index in [0.717, 1.165) is 24.4 Å². The number of esters is 1. The van der Waals surface area contributed by atoms with Crippen molar-refractivity contribution in [2.75, 3.05) is 18.5 Å². The molecule has 0 bridgehead atoms. The number of benzene rings is 1. The van der Waals surface area contributed by atoms with Crippen LogP contribution >= 0.6 is 11.3 Å². The zero-order chi connectivity index (χ0) is 14.2. The Morgan fingerprint density at radius 1 is 1.35 bits per heavy atom. The molecule has 1 aromatic heterocycles. The zero-order valence-electron chi connectivity index (χ0n) is 11.5. The second kappa shape index (κ2) is 7.65. The average Bonchev–Trinajstić information content (AvgIpc) is 2.93. The molecule has 0 aliphatic heterocycles. The second-order valence-corrected chi connectivity index (χ2v) is 5.12. The molecular weight excluding hydrogens is 272 g/mol. The van der Waals surface area contributed by atoms with Crippen LogP contribution in [0.3, 0.4) is 0 Å². The summed E-state index contributed by atoms with van der Waals surface area (Å²) in [5.74, 6) is -0.362. The quantitative estimate of drug-likeness (QED) is 0.627. The van der Waals surface area contributed by atoms with Crippen LogP contribution in [0.25, 0.3) is 0 Å². The van der Waals surface area contributed by atoms with Crippen LogP contribution in [0.1, 0.15) is 29.4 Å². The van der Waals surface area contributed by atoms with Crippen molar-refractivity contribution in [2.45, 2.75) is 19.8 Å². The van der Waals surface area contributed by atoms with E-state index in [2.05, 4.69) is 22.4 Å². The monoisotopic (exact) mass is 290 g/mol. The highest BCUT2D eigenvalue weighted by atomic mass is 32.1. The van der Waals surface area contributed by atoms with Crippen LogP contribution in [0.2, 0.25) is 0 Å². The summed E-state index contributed by atoms with van der Waals surface area (Å²) in [6.45, 7) is 2.96. The van der Waals surface area contributed by atoms with E-state index in [4.69, 9.17) is 4.74 Å². The van der Waals surface area contributed by atoms with Crippen LogP contribution in [0, 0.1) is 0 Å². The number of hydrogen-bond acceptors (Lipinski definition) is 5. The molecule has 0 aliphatic carbocycles. The lowest BCUT2D eigenvalue weighted by molar-refractivity contribution is 0.0521. The van der Waals surface area contributed by atoms with E-state index in [1.807, 2.05) is 18.2 Å². The van der Waals surface area contributed by atoms with Crippen molar-refractivity contribution in [1.82, 2.24) is 4.98 Å². The van der Waals surface area contributed by atoms with Gasteiger partial charge in [-0.15, -0.1) is 11.3 Å². The minimum Gasteiger partial charge on any atom is -0.461 e. The lowest BCUT2D eigenvalue weighted by Gasteiger charge is -2.06. The molecule has 20 heavy (non-hydrogen) atoms. The minimum atomic E-state index is -0.362. The Bertz CT molecular complexity index is 540. The van der Waals surface area contributed by atoms with Crippen LogP contribution in [0.4, 0.5) is 5.00 Å². The molecule has 0 spiro atoms. The molecule has 0 saturated heterocycles. The molecule has 2 aromatic rings. The van der Waals surface area contributed by atoms with Gasteiger partial charge >= 0.3 is 5.97 Å². The first-order valence-corrected chi connectivity index (χ1v) is 7.57. The van der Waals surface area contributed by atoms with Gasteiger partial charge in [-0.2, -0.15) is 0 Å². The molecular formula is C15H18N2O2S. The molecule has 5 heteroatoms. The number of thiazole rings is 1. The Morgan fingerprint density at radius 3 is 2.90 bits per heavy atom. The Morgan fingerprint density at radius 2 is 2.15 bits per heavy atom. The van der Waals surface area contributed by atoms with Crippen molar-refractivity contribution in [2.24, 2.45) is 0 Å². The third kappa shape index (κ3) is 4.06. The van der Waals surface area contributed by atoms with E-state index in [9.17, 15) is 4.79 Å². The zero-order valence-corrected chi connectivity index (χ0v) is 12.3. The summed E-state index contributed by atoms with van der Waals surface area (Å²) < 4.78 is 4.97. The van der Waals surface area contributed by atoms with E-state index >= 15 is 0 Å². The highest BCUT2D eigenvalue weighted by molar-refractivity contribution is 7.14. The number of carbonyl (C=O) groups excluding carboxylic acids is 1. The number of aromatic nitrogens is 1. The molecule has 2 rings (SSSR count). The number of rotatable bonds is 7. The second-order valence-electron chi connectivity index (χ2n) is 4.27. The van der Waals surface area contributed by atoms with Gasteiger partial charge in [0.25, 0.3) is 0 Å². The maximum Gasteiger partial charge on any atom is 0.360 e. The fourth-order valence-corrected chi connectivity index (χ4v) is 2.55. The van der Waals surface area contributed by atoms with Gasteiger partial charge in [-0.25, -0.2) is 9.78 Å². The van der Waals surface area contributed by atoms with E-state index < -0.39 is 0 Å². The first kappa shape index (κ1) is 14.5. The summed E-state index contributed by atoms with van der Waals surface area (Å²) in [5, 5.41) is 4.05. The molecule has 0 aliphatic rings. The van der Waals surface area contributed by atoms with E-state index in [1.54, 1.807) is 12.4 Å². The van der Waals surface area contributed by atoms with E-state index in [0.29, 0.717) is 12.3 Å². The van der Waals surface area contributed by atoms with Crippen LogP contribution in [0.15, 0.2) is 35.8 Å². The molecule has 0 amide bonds. The van der Waals surface area contributed by atoms with Crippen molar-refractivity contribution in [3.05, 3.63) is 47.1 Å². The fourth-order valence-electron chi connectivity index (χ4n) is 1.86. The van der Waals surface area contributed by atoms with Gasteiger partial charge < -0.3 is 10.1 Å². The molecule has 1 heterocycles. The van der Waals surface area contributed by atoms with Crippen LogP contribution in [-0.2, 0) is 11.2 Å². The molecule has 106 valence electrons. The van der Waals surface area contributed by atoms with Crippen LogP contribution in [0.5, 0.6) is 0 Å². The largest absolute Gasteiger partial charge is 0.461 e. The fraction of sp³-hybridized carbons (Fsp3) is 0.333. The number of carbonyl (C=O) groups is 1. The number of nitrogens with zero attached hydrogens (tertiary/aromatic N) is 1. The molecule has 0 fully saturated rings. The summed E-state index contributed by atoms with van der Waals surface area (Å²) >= 11 is 1.43. The smallest absolute Gasteiger partial charge is 0.360 e. The number of aryl methyl sites for hydroxylation is 1. The standard InChI is InChI=1S/C15H18N2O2S/c1-2-19-15(18)13-14(20-11-17-13)16-10-6-9-12-7-4-3-5-8-12/h3-5,7-8,11,16H,2,6,9-10H2,1H3. The predicted molar refractivity (Wildman–Crippen MR) is 81.3 cm³/mol. The van der Waals surface area contributed by atoms with Gasteiger partial charge in [0.15, 0.2) is 5.69 Å². The Hall–Kier alpha value is -1.88. The highest BCUT2D eigenvalue weighted by Gasteiger charge is 2.15. The van der Waals surface area contributed by atoms with Crippen LogP contribution < -0.4 is 5.32 Å². The van der Waals surface area contributed by atoms with Crippen molar-refractivity contribution in [1.29, 1.82) is 0 Å². The van der Waals surface area contributed by atoms with Gasteiger partial charge in [0.2, 0.25) is 0 Å². The molecule has 0 atom stereocenters. The molecule has 1 aromatic carbocycles. The first-order valence-electron chi connectivity index (χ1n) is 6.69. The minimum absolute atomic E-state index is 0.362. The lowest BCUT2D eigenvalue weighted by atomic mass is 10.1. The third-order valence-corrected chi connectivity index (χ3v) is 3.59. The van der Waals surface area contributed by atoms with Gasteiger partial charge in [-0.1, -0.05) is 30.3 Å². The predicted octanol–water partition coefficient (Wildman–Crippen LogP) is 3.36. The molecule has 0 radical (unpaired) electrons. The van der Waals surface area contributed by atoms with Gasteiger partial charge in [0.05, 0.1) is 12.1 Å². The van der Waals surface area contributed by atoms with Gasteiger partial charge in [0.1, 0.15) is 5.00 Å². The van der Waals surface area contributed by atoms with Gasteiger partial charge in [-0.3, -0.25) is 0 Å². The number of hydrogen-bond donors (Lipinski definition) is 1. The van der Waals surface area contributed by atoms with Crippen LogP contribution in [-0.4, -0.2) is 24.1 Å². The summed E-state index contributed by atoms with van der Waals surface area (Å²) in [5.41, 5.74) is 3.37. The SMILES string of the molecule is CCOC(=O)c1ncsc1NCCCc1ccccc1. The first-order chi connectivity index (χ1) is 9.81. The Labute approximate surface area is 122 Å². The topological polar surface area (TPSA) is 51.2 Å². The molecule has 4 nitrogen and oxygen atoms in total. The number of ether oxygens (including phenoxy) is 1. The van der Waals surface area contributed by atoms with E-state index in [1.165, 1.54) is 16.9 Å². The van der Waals surface area contributed by atoms with Crippen molar-refractivity contribution >= 4 is 22.3 Å². The highest BCUT2D eigenvalue weighted by Crippen LogP contribution is 2.21. The Balaban J connectivity index is 1.80. The van der Waals surface area contributed by atoms with Gasteiger partial charge in [0, 0.05) is 6.54 Å². The summed E-state index contributed by atoms with van der Waals surface area (Å²) in [6, 6.07) is 10.4. The average molecular weight is 290 g/mol. The van der Waals surface area contributed by atoms with Gasteiger partial charge in [-0.05, 0) is 25.3 Å². The molecule has 1 N–H and O–H groups in total. The maximum absolute atomic E-state index is 11.7. The molecule has 0 saturated carbocycles. The van der Waals surface area contributed by atoms with E-state index in [-0.39, 0.29) is 5.97 Å². The normalized spacial score (nSPS) is 10.2. The number of anilines is 1. The van der Waals surface area contributed by atoms with Crippen molar-refractivity contribution < 1.29 is 9.53 Å². The van der Waals surface area contributed by atoms with Crippen molar-refractivity contribution in [3.8, 4) is 0 Å². The summed E-state index contributed by atoms with van der Waals surface area (Å²) in [6.07, 6.45) is 2.02. The van der Waals surface area contributed by atoms with Crippen molar-refractivity contribution in [3.63, 3.8) is 0 Å². The maximum atomic E-state index is 11.7. The summed E-state index contributed by atoms with van der Waals surface area (Å²) in [4.78, 5) is 15.7. The Kier molecular flexibility index (Phi) is 5.55. The lowest BCUT2D eigenvalue weighted by Crippen LogP contribution is -2.10.